The minimum atomic E-state index is -0.324. The van der Waals surface area contributed by atoms with Gasteiger partial charge in [0.2, 0.25) is 0 Å². The van der Waals surface area contributed by atoms with E-state index in [1.54, 1.807) is 5.57 Å². The molecule has 9 aromatic carbocycles. The van der Waals surface area contributed by atoms with Crippen molar-refractivity contribution >= 4 is 65.7 Å². The van der Waals surface area contributed by atoms with Crippen molar-refractivity contribution in [1.82, 2.24) is 14.5 Å². The van der Waals surface area contributed by atoms with Gasteiger partial charge in [-0.2, -0.15) is 0 Å². The van der Waals surface area contributed by atoms with Gasteiger partial charge >= 0.3 is 0 Å². The van der Waals surface area contributed by atoms with Gasteiger partial charge in [-0.25, -0.2) is 0 Å². The second-order valence-corrected chi connectivity index (χ2v) is 18.7. The lowest BCUT2D eigenvalue weighted by atomic mass is 9.67. The van der Waals surface area contributed by atoms with Crippen LogP contribution in [0, 0.1) is 0 Å². The second kappa shape index (κ2) is 13.8. The van der Waals surface area contributed by atoms with Gasteiger partial charge < -0.3 is 14.5 Å². The summed E-state index contributed by atoms with van der Waals surface area (Å²) in [5.41, 5.74) is 23.2. The number of nitrogens with zero attached hydrogens (tertiary/aromatic N) is 2. The molecule has 0 bridgehead atoms. The van der Waals surface area contributed by atoms with Gasteiger partial charge in [0.25, 0.3) is 0 Å². The lowest BCUT2D eigenvalue weighted by Gasteiger charge is -2.33. The summed E-state index contributed by atoms with van der Waals surface area (Å²) in [5.74, 6) is 0. The first-order valence-corrected chi connectivity index (χ1v) is 23.7. The standard InChI is InChI=1S/C64H43N3/c1-2-20-51-45(15-1)53(38-58-63(51)52-21-5-10-24-57(52)64(58)55-22-8-3-16-46(55)47-17-4-9-23-56(47)64)40-27-31-43(32-28-40)66-60-26-12-7-19-49(60)54-36-41(30-34-61(54)66)42-29-33-50-48-18-6-11-25-59(48)67(62(50)37-42)44-14-13-35-65-39-44/h1-9,11-23,25-38,65H,10,24,39H2. The van der Waals surface area contributed by atoms with Crippen molar-refractivity contribution in [2.75, 3.05) is 6.54 Å². The molecule has 3 aliphatic carbocycles. The molecule has 0 saturated heterocycles. The summed E-state index contributed by atoms with van der Waals surface area (Å²) in [5, 5.41) is 11.1. The zero-order chi connectivity index (χ0) is 43.8. The number of aromatic nitrogens is 2. The molecule has 0 atom stereocenters. The monoisotopic (exact) mass is 853 g/mol. The Hall–Kier alpha value is -8.40. The lowest BCUT2D eigenvalue weighted by molar-refractivity contribution is 0.715. The highest BCUT2D eigenvalue weighted by Gasteiger charge is 2.53. The average Bonchev–Trinajstić information content (AvgIpc) is 4.10. The van der Waals surface area contributed by atoms with Gasteiger partial charge in [0, 0.05) is 32.9 Å². The van der Waals surface area contributed by atoms with Gasteiger partial charge in [-0.1, -0.05) is 152 Å². The van der Waals surface area contributed by atoms with Gasteiger partial charge in [-0.3, -0.25) is 0 Å². The SMILES string of the molecule is C1=CNCC(n2c3ccccc3c3ccc(-c4ccc5c(c4)c4ccccc4n5-c4ccc(-c5cc6c(c7ccccc57)C5=C(CCC=C5)C65c6ccccc6-c6ccccc65)cc4)cc32)=C1. The third-order valence-electron chi connectivity index (χ3n) is 15.5. The van der Waals surface area contributed by atoms with Crippen molar-refractivity contribution in [2.45, 2.75) is 18.3 Å². The first kappa shape index (κ1) is 36.9. The van der Waals surface area contributed by atoms with E-state index in [9.17, 15) is 0 Å². The van der Waals surface area contributed by atoms with Crippen LogP contribution in [0.15, 0.2) is 224 Å². The van der Waals surface area contributed by atoms with E-state index in [1.807, 2.05) is 6.20 Å². The molecular weight excluding hydrogens is 811 g/mol. The van der Waals surface area contributed by atoms with Crippen molar-refractivity contribution in [1.29, 1.82) is 0 Å². The highest BCUT2D eigenvalue weighted by atomic mass is 15.0. The molecule has 3 heteroatoms. The van der Waals surface area contributed by atoms with E-state index >= 15 is 0 Å². The normalized spacial score (nSPS) is 15.4. The Morgan fingerprint density at radius 1 is 0.448 bits per heavy atom. The van der Waals surface area contributed by atoms with Gasteiger partial charge in [0.15, 0.2) is 0 Å². The molecular formula is C64H43N3. The smallest absolute Gasteiger partial charge is 0.0689 e. The minimum Gasteiger partial charge on any atom is -0.385 e. The molecule has 3 heterocycles. The number of allylic oxidation sites excluding steroid dienone is 6. The summed E-state index contributed by atoms with van der Waals surface area (Å²) in [7, 11) is 0. The number of benzene rings is 9. The summed E-state index contributed by atoms with van der Waals surface area (Å²) in [6.45, 7) is 0.784. The summed E-state index contributed by atoms with van der Waals surface area (Å²) < 4.78 is 4.87. The molecule has 2 aromatic heterocycles. The average molecular weight is 854 g/mol. The third kappa shape index (κ3) is 4.95. The summed E-state index contributed by atoms with van der Waals surface area (Å²) in [6, 6.07) is 71.1. The molecule has 0 fully saturated rings. The fourth-order valence-electron chi connectivity index (χ4n) is 12.8. The molecule has 1 N–H and O–H groups in total. The van der Waals surface area contributed by atoms with Crippen LogP contribution in [0.2, 0.25) is 0 Å². The Balaban J connectivity index is 0.878. The number of rotatable bonds is 4. The van der Waals surface area contributed by atoms with Crippen LogP contribution in [-0.2, 0) is 5.41 Å². The van der Waals surface area contributed by atoms with Gasteiger partial charge in [-0.05, 0) is 157 Å². The molecule has 1 spiro atoms. The molecule has 0 amide bonds. The van der Waals surface area contributed by atoms with Crippen LogP contribution in [0.4, 0.5) is 0 Å². The molecule has 11 aromatic rings. The molecule has 1 aliphatic heterocycles. The quantitative estimate of drug-likeness (QED) is 0.187. The van der Waals surface area contributed by atoms with E-state index in [2.05, 4.69) is 227 Å². The van der Waals surface area contributed by atoms with Crippen molar-refractivity contribution in [3.05, 3.63) is 246 Å². The van der Waals surface area contributed by atoms with E-state index in [4.69, 9.17) is 0 Å². The number of hydrogen-bond acceptors (Lipinski definition) is 1. The summed E-state index contributed by atoms with van der Waals surface area (Å²) in [4.78, 5) is 0. The van der Waals surface area contributed by atoms with Crippen LogP contribution in [0.3, 0.4) is 0 Å². The fraction of sp³-hybridized carbons (Fsp3) is 0.0625. The Kier molecular flexibility index (Phi) is 7.60. The fourth-order valence-corrected chi connectivity index (χ4v) is 12.8. The Morgan fingerprint density at radius 2 is 1.06 bits per heavy atom. The minimum absolute atomic E-state index is 0.324. The number of nitrogens with one attached hydrogen (secondary N) is 1. The molecule has 0 saturated carbocycles. The maximum Gasteiger partial charge on any atom is 0.0689 e. The largest absolute Gasteiger partial charge is 0.385 e. The van der Waals surface area contributed by atoms with Crippen molar-refractivity contribution in [2.24, 2.45) is 0 Å². The third-order valence-corrected chi connectivity index (χ3v) is 15.5. The summed E-state index contributed by atoms with van der Waals surface area (Å²) >= 11 is 0. The van der Waals surface area contributed by atoms with E-state index in [-0.39, 0.29) is 5.41 Å². The molecule has 0 radical (unpaired) electrons. The highest BCUT2D eigenvalue weighted by molar-refractivity contribution is 6.14. The van der Waals surface area contributed by atoms with Crippen molar-refractivity contribution < 1.29 is 0 Å². The predicted molar refractivity (Wildman–Crippen MR) is 281 cm³/mol. The van der Waals surface area contributed by atoms with Gasteiger partial charge in [0.05, 0.1) is 34.0 Å². The molecule has 15 rings (SSSR count). The van der Waals surface area contributed by atoms with Crippen LogP contribution in [0.5, 0.6) is 0 Å². The van der Waals surface area contributed by atoms with Crippen molar-refractivity contribution in [3.8, 4) is 39.1 Å². The van der Waals surface area contributed by atoms with Crippen LogP contribution in [-0.4, -0.2) is 15.7 Å². The van der Waals surface area contributed by atoms with Crippen LogP contribution in [0.25, 0.3) is 105 Å². The van der Waals surface area contributed by atoms with E-state index in [0.29, 0.717) is 0 Å². The van der Waals surface area contributed by atoms with Gasteiger partial charge in [0.1, 0.15) is 0 Å². The topological polar surface area (TPSA) is 21.9 Å². The molecule has 0 unspecified atom stereocenters. The van der Waals surface area contributed by atoms with E-state index in [0.717, 1.165) is 25.1 Å². The predicted octanol–water partition coefficient (Wildman–Crippen LogP) is 15.8. The highest BCUT2D eigenvalue weighted by Crippen LogP contribution is 2.65. The Labute approximate surface area is 388 Å². The molecule has 314 valence electrons. The Bertz CT molecular complexity index is 4040. The number of para-hydroxylation sites is 2. The number of dihydropyridines is 1. The molecule has 67 heavy (non-hydrogen) atoms. The molecule has 3 nitrogen and oxygen atoms in total. The van der Waals surface area contributed by atoms with Crippen molar-refractivity contribution in [3.63, 3.8) is 0 Å². The second-order valence-electron chi connectivity index (χ2n) is 18.7. The summed E-state index contributed by atoms with van der Waals surface area (Å²) in [6.07, 6.45) is 13.3. The first-order valence-electron chi connectivity index (χ1n) is 23.7. The maximum atomic E-state index is 3.43. The van der Waals surface area contributed by atoms with Crippen LogP contribution < -0.4 is 5.32 Å². The van der Waals surface area contributed by atoms with E-state index < -0.39 is 0 Å². The Morgan fingerprint density at radius 3 is 1.82 bits per heavy atom. The van der Waals surface area contributed by atoms with E-state index in [1.165, 1.54) is 121 Å². The first-order chi connectivity index (χ1) is 33.3. The van der Waals surface area contributed by atoms with Gasteiger partial charge in [-0.15, -0.1) is 0 Å². The maximum absolute atomic E-state index is 3.43. The number of fused-ring (bicyclic) bond motifs is 17. The van der Waals surface area contributed by atoms with Crippen LogP contribution in [0.1, 0.15) is 35.1 Å². The number of hydrogen-bond donors (Lipinski definition) is 1. The zero-order valence-electron chi connectivity index (χ0n) is 36.8. The van der Waals surface area contributed by atoms with Crippen LogP contribution >= 0.6 is 0 Å². The zero-order valence-corrected chi connectivity index (χ0v) is 36.8. The lowest BCUT2D eigenvalue weighted by Crippen LogP contribution is -2.27. The molecule has 4 aliphatic rings.